The highest BCUT2D eigenvalue weighted by molar-refractivity contribution is 5.80. The van der Waals surface area contributed by atoms with Crippen LogP contribution in [0.5, 0.6) is 0 Å². The summed E-state index contributed by atoms with van der Waals surface area (Å²) in [6, 6.07) is 0.169. The monoisotopic (exact) mass is 159 g/mol. The highest BCUT2D eigenvalue weighted by Crippen LogP contribution is 2.00. The van der Waals surface area contributed by atoms with E-state index in [1.807, 2.05) is 20.8 Å². The number of carbonyl (C=O) groups is 1. The van der Waals surface area contributed by atoms with Crippen LogP contribution in [0, 0.1) is 0 Å². The van der Waals surface area contributed by atoms with Gasteiger partial charge >= 0.3 is 0 Å². The third kappa shape index (κ3) is 2.89. The van der Waals surface area contributed by atoms with Gasteiger partial charge in [-0.05, 0) is 27.7 Å². The smallest absolute Gasteiger partial charge is 0.251 e. The molecule has 0 aromatic heterocycles. The fourth-order valence-electron chi connectivity index (χ4n) is 1.02. The zero-order valence-corrected chi connectivity index (χ0v) is 7.66. The number of amides is 1. The first-order valence-corrected chi connectivity index (χ1v) is 3.99. The van der Waals surface area contributed by atoms with Crippen LogP contribution in [0.2, 0.25) is 0 Å². The van der Waals surface area contributed by atoms with Gasteiger partial charge in [-0.3, -0.25) is 4.79 Å². The summed E-state index contributed by atoms with van der Waals surface area (Å²) in [4.78, 5) is 12.8. The summed E-state index contributed by atoms with van der Waals surface area (Å²) in [5, 5.41) is 8.98. The molecule has 0 radical (unpaired) electrons. The standard InChI is InChI=1S/C8H17NO2/c1-5-9(6(2)3)8(11)7(4)10/h6-7,10H,5H2,1-4H3. The lowest BCUT2D eigenvalue weighted by Crippen LogP contribution is -2.42. The molecule has 0 aromatic carbocycles. The first-order chi connectivity index (χ1) is 5.00. The Morgan fingerprint density at radius 2 is 1.91 bits per heavy atom. The van der Waals surface area contributed by atoms with Crippen molar-refractivity contribution < 1.29 is 9.90 Å². The van der Waals surface area contributed by atoms with E-state index in [-0.39, 0.29) is 11.9 Å². The lowest BCUT2D eigenvalue weighted by atomic mass is 10.2. The summed E-state index contributed by atoms with van der Waals surface area (Å²) in [5.74, 6) is -0.192. The van der Waals surface area contributed by atoms with Gasteiger partial charge in [-0.25, -0.2) is 0 Å². The van der Waals surface area contributed by atoms with Crippen molar-refractivity contribution in [3.05, 3.63) is 0 Å². The maximum atomic E-state index is 11.2. The van der Waals surface area contributed by atoms with Gasteiger partial charge in [0.05, 0.1) is 0 Å². The Bertz CT molecular complexity index is 132. The second-order valence-electron chi connectivity index (χ2n) is 2.89. The van der Waals surface area contributed by atoms with Gasteiger partial charge in [0.15, 0.2) is 0 Å². The summed E-state index contributed by atoms with van der Waals surface area (Å²) in [5.41, 5.74) is 0. The first-order valence-electron chi connectivity index (χ1n) is 3.99. The number of aliphatic hydroxyl groups is 1. The molecule has 0 spiro atoms. The van der Waals surface area contributed by atoms with Crippen molar-refractivity contribution in [3.8, 4) is 0 Å². The fourth-order valence-corrected chi connectivity index (χ4v) is 1.02. The molecule has 1 amide bonds. The van der Waals surface area contributed by atoms with Crippen LogP contribution in [0.4, 0.5) is 0 Å². The number of hydrogen-bond donors (Lipinski definition) is 1. The second-order valence-corrected chi connectivity index (χ2v) is 2.89. The summed E-state index contributed by atoms with van der Waals surface area (Å²) in [6.07, 6.45) is -0.877. The lowest BCUT2D eigenvalue weighted by molar-refractivity contribution is -0.140. The molecule has 0 aromatic rings. The van der Waals surface area contributed by atoms with E-state index in [2.05, 4.69) is 0 Å². The molecular weight excluding hydrogens is 142 g/mol. The molecule has 0 fully saturated rings. The van der Waals surface area contributed by atoms with Crippen LogP contribution in [-0.4, -0.2) is 34.6 Å². The van der Waals surface area contributed by atoms with Crippen LogP contribution in [0.1, 0.15) is 27.7 Å². The molecule has 0 aliphatic rings. The van der Waals surface area contributed by atoms with Crippen LogP contribution >= 0.6 is 0 Å². The van der Waals surface area contributed by atoms with E-state index >= 15 is 0 Å². The van der Waals surface area contributed by atoms with Gasteiger partial charge in [0.1, 0.15) is 6.10 Å². The molecule has 3 nitrogen and oxygen atoms in total. The largest absolute Gasteiger partial charge is 0.384 e. The molecule has 66 valence electrons. The number of likely N-dealkylation sites (N-methyl/N-ethyl adjacent to an activating group) is 1. The zero-order chi connectivity index (χ0) is 9.02. The number of carbonyl (C=O) groups excluding carboxylic acids is 1. The Morgan fingerprint density at radius 3 is 2.00 bits per heavy atom. The Balaban J connectivity index is 4.15. The zero-order valence-electron chi connectivity index (χ0n) is 7.66. The van der Waals surface area contributed by atoms with Crippen LogP contribution in [0.3, 0.4) is 0 Å². The van der Waals surface area contributed by atoms with Crippen LogP contribution in [-0.2, 0) is 4.79 Å². The van der Waals surface area contributed by atoms with Crippen molar-refractivity contribution >= 4 is 5.91 Å². The van der Waals surface area contributed by atoms with Gasteiger partial charge in [0, 0.05) is 12.6 Å². The van der Waals surface area contributed by atoms with E-state index in [0.29, 0.717) is 6.54 Å². The molecule has 0 saturated carbocycles. The van der Waals surface area contributed by atoms with Gasteiger partial charge in [-0.1, -0.05) is 0 Å². The molecule has 1 atom stereocenters. The van der Waals surface area contributed by atoms with Crippen molar-refractivity contribution in [1.82, 2.24) is 4.90 Å². The minimum Gasteiger partial charge on any atom is -0.384 e. The highest BCUT2D eigenvalue weighted by atomic mass is 16.3. The van der Waals surface area contributed by atoms with Crippen LogP contribution in [0.15, 0.2) is 0 Å². The fraction of sp³-hybridized carbons (Fsp3) is 0.875. The second kappa shape index (κ2) is 4.34. The molecule has 0 aliphatic heterocycles. The third-order valence-corrected chi connectivity index (χ3v) is 1.60. The van der Waals surface area contributed by atoms with E-state index in [1.165, 1.54) is 6.92 Å². The summed E-state index contributed by atoms with van der Waals surface area (Å²) >= 11 is 0. The molecule has 0 bridgehead atoms. The molecule has 3 heteroatoms. The Labute approximate surface area is 68.0 Å². The normalized spacial score (nSPS) is 13.3. The molecule has 0 saturated heterocycles. The molecule has 0 rings (SSSR count). The summed E-state index contributed by atoms with van der Waals surface area (Å²) < 4.78 is 0. The summed E-state index contributed by atoms with van der Waals surface area (Å²) in [7, 11) is 0. The van der Waals surface area contributed by atoms with Gasteiger partial charge in [-0.15, -0.1) is 0 Å². The van der Waals surface area contributed by atoms with Crippen LogP contribution in [0.25, 0.3) is 0 Å². The van der Waals surface area contributed by atoms with Crippen molar-refractivity contribution in [2.24, 2.45) is 0 Å². The minimum atomic E-state index is -0.877. The highest BCUT2D eigenvalue weighted by Gasteiger charge is 2.18. The van der Waals surface area contributed by atoms with E-state index in [1.54, 1.807) is 4.90 Å². The van der Waals surface area contributed by atoms with E-state index in [4.69, 9.17) is 5.11 Å². The lowest BCUT2D eigenvalue weighted by Gasteiger charge is -2.26. The van der Waals surface area contributed by atoms with Crippen molar-refractivity contribution in [3.63, 3.8) is 0 Å². The summed E-state index contributed by atoms with van der Waals surface area (Å²) in [6.45, 7) is 7.92. The van der Waals surface area contributed by atoms with Crippen LogP contribution < -0.4 is 0 Å². The Hall–Kier alpha value is -0.570. The maximum absolute atomic E-state index is 11.2. The Kier molecular flexibility index (Phi) is 4.11. The maximum Gasteiger partial charge on any atom is 0.251 e. The number of rotatable bonds is 3. The quantitative estimate of drug-likeness (QED) is 0.656. The van der Waals surface area contributed by atoms with Gasteiger partial charge in [0.25, 0.3) is 5.91 Å². The van der Waals surface area contributed by atoms with Crippen molar-refractivity contribution in [2.75, 3.05) is 6.54 Å². The first kappa shape index (κ1) is 10.4. The number of aliphatic hydroxyl groups excluding tert-OH is 1. The van der Waals surface area contributed by atoms with E-state index in [0.717, 1.165) is 0 Å². The number of hydrogen-bond acceptors (Lipinski definition) is 2. The van der Waals surface area contributed by atoms with E-state index < -0.39 is 6.10 Å². The predicted octanol–water partition coefficient (Wildman–Crippen LogP) is 0.624. The van der Waals surface area contributed by atoms with Gasteiger partial charge < -0.3 is 10.0 Å². The molecule has 11 heavy (non-hydrogen) atoms. The van der Waals surface area contributed by atoms with Crippen molar-refractivity contribution in [2.45, 2.75) is 39.8 Å². The topological polar surface area (TPSA) is 40.5 Å². The SMILES string of the molecule is CCN(C(=O)C(C)O)C(C)C. The molecule has 1 N–H and O–H groups in total. The molecular formula is C8H17NO2. The van der Waals surface area contributed by atoms with Gasteiger partial charge in [-0.2, -0.15) is 0 Å². The average Bonchev–Trinajstić information content (AvgIpc) is 1.88. The molecule has 0 aliphatic carbocycles. The van der Waals surface area contributed by atoms with Gasteiger partial charge in [0.2, 0.25) is 0 Å². The number of nitrogens with zero attached hydrogens (tertiary/aromatic N) is 1. The minimum absolute atomic E-state index is 0.169. The molecule has 1 unspecified atom stereocenters. The third-order valence-electron chi connectivity index (χ3n) is 1.60. The predicted molar refractivity (Wildman–Crippen MR) is 44.2 cm³/mol. The Morgan fingerprint density at radius 1 is 1.45 bits per heavy atom. The van der Waals surface area contributed by atoms with E-state index in [9.17, 15) is 4.79 Å². The average molecular weight is 159 g/mol. The van der Waals surface area contributed by atoms with Crippen molar-refractivity contribution in [1.29, 1.82) is 0 Å². The molecule has 0 heterocycles.